The van der Waals surface area contributed by atoms with Gasteiger partial charge >= 0.3 is 0 Å². The van der Waals surface area contributed by atoms with Crippen LogP contribution in [0.15, 0.2) is 65.8 Å². The molecule has 2 aliphatic heterocycles. The van der Waals surface area contributed by atoms with E-state index in [1.807, 2.05) is 36.7 Å². The molecule has 162 valence electrons. The van der Waals surface area contributed by atoms with E-state index in [0.717, 1.165) is 11.1 Å². The van der Waals surface area contributed by atoms with Gasteiger partial charge in [0.2, 0.25) is 5.91 Å². The molecule has 0 bridgehead atoms. The standard InChI is InChI=1S/C23H25FN4O2S/c1-31-19-8-2-16(3-9-19)15-25-22(29)10-11-27-12-13-28-21(23(27)30)14-20(26-28)17-4-6-18(24)7-5-17/h2-9,12-13,20-21,26H,10-11,14-15H2,1H3,(H,25,29). The van der Waals surface area contributed by atoms with E-state index in [-0.39, 0.29) is 36.1 Å². The van der Waals surface area contributed by atoms with Gasteiger partial charge in [-0.15, -0.1) is 11.8 Å². The molecule has 2 amide bonds. The van der Waals surface area contributed by atoms with Gasteiger partial charge in [0, 0.05) is 36.8 Å². The summed E-state index contributed by atoms with van der Waals surface area (Å²) in [7, 11) is 0. The molecule has 2 atom stereocenters. The SMILES string of the molecule is CSc1ccc(CNC(=O)CCN2C=CN3NC(c4ccc(F)cc4)CC3C2=O)cc1. The van der Waals surface area contributed by atoms with Crippen molar-refractivity contribution in [2.75, 3.05) is 12.8 Å². The lowest BCUT2D eigenvalue weighted by Gasteiger charge is -2.31. The molecule has 2 aliphatic rings. The predicted octanol–water partition coefficient (Wildman–Crippen LogP) is 3.19. The third-order valence-corrected chi connectivity index (χ3v) is 6.32. The van der Waals surface area contributed by atoms with E-state index in [2.05, 4.69) is 10.7 Å². The van der Waals surface area contributed by atoms with Gasteiger partial charge in [0.15, 0.2) is 0 Å². The van der Waals surface area contributed by atoms with Crippen LogP contribution < -0.4 is 10.7 Å². The normalized spacial score (nSPS) is 20.1. The number of halogens is 1. The molecule has 0 aromatic heterocycles. The summed E-state index contributed by atoms with van der Waals surface area (Å²) < 4.78 is 13.2. The quantitative estimate of drug-likeness (QED) is 0.648. The van der Waals surface area contributed by atoms with E-state index in [1.165, 1.54) is 17.0 Å². The van der Waals surface area contributed by atoms with Gasteiger partial charge in [0.25, 0.3) is 5.91 Å². The van der Waals surface area contributed by atoms with Gasteiger partial charge in [-0.05, 0) is 48.1 Å². The van der Waals surface area contributed by atoms with Crippen LogP contribution in [0.1, 0.15) is 30.0 Å². The zero-order valence-corrected chi connectivity index (χ0v) is 18.1. The highest BCUT2D eigenvalue weighted by Crippen LogP contribution is 2.30. The molecule has 4 rings (SSSR count). The maximum atomic E-state index is 13.2. The Hall–Kier alpha value is -2.84. The number of nitrogens with zero attached hydrogens (tertiary/aromatic N) is 2. The fraction of sp³-hybridized carbons (Fsp3) is 0.304. The lowest BCUT2D eigenvalue weighted by molar-refractivity contribution is -0.134. The smallest absolute Gasteiger partial charge is 0.250 e. The number of carbonyl (C=O) groups is 2. The number of hydrazine groups is 1. The van der Waals surface area contributed by atoms with E-state index < -0.39 is 0 Å². The number of nitrogens with one attached hydrogen (secondary N) is 2. The molecule has 8 heteroatoms. The van der Waals surface area contributed by atoms with E-state index in [4.69, 9.17) is 0 Å². The molecule has 0 radical (unpaired) electrons. The topological polar surface area (TPSA) is 64.7 Å². The first-order valence-electron chi connectivity index (χ1n) is 10.2. The second-order valence-corrected chi connectivity index (χ2v) is 8.48. The first kappa shape index (κ1) is 21.4. The maximum Gasteiger partial charge on any atom is 0.250 e. The minimum absolute atomic E-state index is 0.0416. The first-order valence-corrected chi connectivity index (χ1v) is 11.4. The summed E-state index contributed by atoms with van der Waals surface area (Å²) in [6, 6.07) is 14.0. The summed E-state index contributed by atoms with van der Waals surface area (Å²) in [5, 5.41) is 4.71. The highest BCUT2D eigenvalue weighted by molar-refractivity contribution is 7.98. The number of hydrogen-bond donors (Lipinski definition) is 2. The van der Waals surface area contributed by atoms with Crippen LogP contribution in [0.25, 0.3) is 0 Å². The van der Waals surface area contributed by atoms with Crippen LogP contribution in [0.5, 0.6) is 0 Å². The van der Waals surface area contributed by atoms with Crippen LogP contribution in [0.4, 0.5) is 4.39 Å². The molecule has 6 nitrogen and oxygen atoms in total. The summed E-state index contributed by atoms with van der Waals surface area (Å²) in [5.74, 6) is -0.414. The Morgan fingerprint density at radius 3 is 2.61 bits per heavy atom. The zero-order chi connectivity index (χ0) is 21.8. The summed E-state index contributed by atoms with van der Waals surface area (Å²) in [5.41, 5.74) is 5.27. The van der Waals surface area contributed by atoms with Crippen LogP contribution >= 0.6 is 11.8 Å². The Bertz CT molecular complexity index is 965. The van der Waals surface area contributed by atoms with Gasteiger partial charge in [0.1, 0.15) is 11.9 Å². The molecule has 1 fully saturated rings. The van der Waals surface area contributed by atoms with Crippen LogP contribution in [-0.2, 0) is 16.1 Å². The number of rotatable bonds is 7. The average Bonchev–Trinajstić information content (AvgIpc) is 3.23. The molecule has 2 aromatic rings. The molecular formula is C23H25FN4O2S. The molecule has 0 saturated carbocycles. The molecule has 31 heavy (non-hydrogen) atoms. The molecule has 1 saturated heterocycles. The van der Waals surface area contributed by atoms with Crippen LogP contribution in [0.3, 0.4) is 0 Å². The zero-order valence-electron chi connectivity index (χ0n) is 17.3. The monoisotopic (exact) mass is 440 g/mol. The van der Waals surface area contributed by atoms with E-state index in [9.17, 15) is 14.0 Å². The number of benzene rings is 2. The predicted molar refractivity (Wildman–Crippen MR) is 118 cm³/mol. The van der Waals surface area contributed by atoms with E-state index in [1.54, 1.807) is 40.0 Å². The van der Waals surface area contributed by atoms with Gasteiger partial charge in [-0.25, -0.2) is 9.82 Å². The molecule has 2 heterocycles. The van der Waals surface area contributed by atoms with E-state index >= 15 is 0 Å². The number of amides is 2. The number of hydrogen-bond acceptors (Lipinski definition) is 5. The van der Waals surface area contributed by atoms with Crippen LogP contribution in [0.2, 0.25) is 0 Å². The lowest BCUT2D eigenvalue weighted by Crippen LogP contribution is -2.48. The number of fused-ring (bicyclic) bond motifs is 1. The van der Waals surface area contributed by atoms with Gasteiger partial charge in [0.05, 0.1) is 6.04 Å². The summed E-state index contributed by atoms with van der Waals surface area (Å²) in [4.78, 5) is 27.9. The van der Waals surface area contributed by atoms with Crippen molar-refractivity contribution in [3.05, 3.63) is 77.9 Å². The van der Waals surface area contributed by atoms with Crippen LogP contribution in [0, 0.1) is 5.82 Å². The summed E-state index contributed by atoms with van der Waals surface area (Å²) >= 11 is 1.68. The van der Waals surface area contributed by atoms with Crippen LogP contribution in [-0.4, -0.2) is 40.6 Å². The van der Waals surface area contributed by atoms with Crippen molar-refractivity contribution in [1.29, 1.82) is 0 Å². The minimum atomic E-state index is -0.335. The average molecular weight is 441 g/mol. The number of carbonyl (C=O) groups excluding carboxylic acids is 2. The van der Waals surface area contributed by atoms with Gasteiger partial charge in [-0.2, -0.15) is 0 Å². The van der Waals surface area contributed by atoms with Crippen molar-refractivity contribution < 1.29 is 14.0 Å². The lowest BCUT2D eigenvalue weighted by atomic mass is 10.0. The summed E-state index contributed by atoms with van der Waals surface area (Å²) in [6.45, 7) is 0.801. The van der Waals surface area contributed by atoms with Gasteiger partial charge in [-0.3, -0.25) is 9.59 Å². The molecule has 0 spiro atoms. The Balaban J connectivity index is 1.26. The molecule has 2 aromatic carbocycles. The Labute approximate surface area is 185 Å². The second-order valence-electron chi connectivity index (χ2n) is 7.60. The maximum absolute atomic E-state index is 13.2. The first-order chi connectivity index (χ1) is 15.0. The van der Waals surface area contributed by atoms with Gasteiger partial charge < -0.3 is 15.2 Å². The van der Waals surface area contributed by atoms with Crippen molar-refractivity contribution in [2.24, 2.45) is 0 Å². The summed E-state index contributed by atoms with van der Waals surface area (Å²) in [6.07, 6.45) is 6.37. The highest BCUT2D eigenvalue weighted by atomic mass is 32.2. The Morgan fingerprint density at radius 1 is 1.16 bits per heavy atom. The molecular weight excluding hydrogens is 415 g/mol. The van der Waals surface area contributed by atoms with E-state index in [0.29, 0.717) is 19.5 Å². The Kier molecular flexibility index (Phi) is 6.58. The second kappa shape index (κ2) is 9.53. The fourth-order valence-corrected chi connectivity index (χ4v) is 4.20. The third-order valence-electron chi connectivity index (χ3n) is 5.58. The fourth-order valence-electron chi connectivity index (χ4n) is 3.79. The van der Waals surface area contributed by atoms with Crippen molar-refractivity contribution in [3.63, 3.8) is 0 Å². The Morgan fingerprint density at radius 2 is 1.90 bits per heavy atom. The van der Waals surface area contributed by atoms with Gasteiger partial charge in [-0.1, -0.05) is 24.3 Å². The third kappa shape index (κ3) is 5.08. The number of thioether (sulfide) groups is 1. The molecule has 2 unspecified atom stereocenters. The van der Waals surface area contributed by atoms with Crippen molar-refractivity contribution in [3.8, 4) is 0 Å². The molecule has 0 aliphatic carbocycles. The minimum Gasteiger partial charge on any atom is -0.352 e. The van der Waals surface area contributed by atoms with Crippen molar-refractivity contribution >= 4 is 23.6 Å². The highest BCUT2D eigenvalue weighted by Gasteiger charge is 2.39. The molecule has 2 N–H and O–H groups in total. The van der Waals surface area contributed by atoms with Crippen molar-refractivity contribution in [2.45, 2.75) is 36.4 Å². The largest absolute Gasteiger partial charge is 0.352 e. The van der Waals surface area contributed by atoms with Crippen molar-refractivity contribution in [1.82, 2.24) is 20.7 Å².